The van der Waals surface area contributed by atoms with Crippen molar-refractivity contribution < 1.29 is 0 Å². The topological polar surface area (TPSA) is 0 Å². The monoisotopic (exact) mass is 368 g/mol. The van der Waals surface area contributed by atoms with Gasteiger partial charge in [-0.05, 0) is 67.2 Å². The number of benzene rings is 6. The standard InChI is InChI=1S/C29H20/c1-19-10-12-20(13-11-19)22-15-17-27-28(18-22)25-9-5-4-8-24(25)26-16-14-21-6-2-3-7-23(21)29(26)27/h2-18H,1H3. The molecule has 0 fully saturated rings. The van der Waals surface area contributed by atoms with E-state index in [1.165, 1.54) is 59.8 Å². The van der Waals surface area contributed by atoms with Crippen molar-refractivity contribution in [3.63, 3.8) is 0 Å². The lowest BCUT2D eigenvalue weighted by molar-refractivity contribution is 1.47. The van der Waals surface area contributed by atoms with Crippen LogP contribution >= 0.6 is 0 Å². The van der Waals surface area contributed by atoms with E-state index >= 15 is 0 Å². The van der Waals surface area contributed by atoms with E-state index in [0.717, 1.165) is 0 Å². The zero-order chi connectivity index (χ0) is 19.4. The van der Waals surface area contributed by atoms with E-state index in [-0.39, 0.29) is 0 Å². The normalized spacial score (nSPS) is 11.6. The summed E-state index contributed by atoms with van der Waals surface area (Å²) < 4.78 is 0. The molecule has 6 aromatic carbocycles. The van der Waals surface area contributed by atoms with E-state index in [1.54, 1.807) is 0 Å². The number of hydrogen-bond donors (Lipinski definition) is 0. The van der Waals surface area contributed by atoms with E-state index in [9.17, 15) is 0 Å². The van der Waals surface area contributed by atoms with Gasteiger partial charge >= 0.3 is 0 Å². The fourth-order valence-corrected chi connectivity index (χ4v) is 4.65. The Labute approximate surface area is 170 Å². The highest BCUT2D eigenvalue weighted by Gasteiger charge is 2.12. The van der Waals surface area contributed by atoms with Crippen LogP contribution in [0.1, 0.15) is 5.56 Å². The van der Waals surface area contributed by atoms with Crippen LogP contribution in [0.25, 0.3) is 54.2 Å². The summed E-state index contributed by atoms with van der Waals surface area (Å²) in [6.45, 7) is 2.13. The van der Waals surface area contributed by atoms with Crippen LogP contribution in [0.5, 0.6) is 0 Å². The molecule has 0 heterocycles. The predicted molar refractivity (Wildman–Crippen MR) is 127 cm³/mol. The van der Waals surface area contributed by atoms with E-state index in [0.29, 0.717) is 0 Å². The smallest absolute Gasteiger partial charge is 0.00204 e. The summed E-state index contributed by atoms with van der Waals surface area (Å²) >= 11 is 0. The summed E-state index contributed by atoms with van der Waals surface area (Å²) in [7, 11) is 0. The first kappa shape index (κ1) is 16.3. The molecule has 136 valence electrons. The van der Waals surface area contributed by atoms with E-state index in [1.807, 2.05) is 0 Å². The summed E-state index contributed by atoms with van der Waals surface area (Å²) in [6, 6.07) is 37.8. The number of rotatable bonds is 1. The van der Waals surface area contributed by atoms with Crippen molar-refractivity contribution in [1.82, 2.24) is 0 Å². The third kappa shape index (κ3) is 2.46. The maximum Gasteiger partial charge on any atom is -0.00204 e. The summed E-state index contributed by atoms with van der Waals surface area (Å²) in [5.41, 5.74) is 3.82. The molecule has 0 nitrogen and oxygen atoms in total. The molecule has 29 heavy (non-hydrogen) atoms. The second kappa shape index (κ2) is 6.18. The lowest BCUT2D eigenvalue weighted by Gasteiger charge is -2.14. The Morgan fingerprint density at radius 3 is 1.79 bits per heavy atom. The van der Waals surface area contributed by atoms with Crippen LogP contribution in [0.15, 0.2) is 103 Å². The average molecular weight is 368 g/mol. The third-order valence-corrected chi connectivity index (χ3v) is 6.11. The van der Waals surface area contributed by atoms with Gasteiger partial charge in [0.1, 0.15) is 0 Å². The Morgan fingerprint density at radius 1 is 0.414 bits per heavy atom. The summed E-state index contributed by atoms with van der Waals surface area (Å²) in [6.07, 6.45) is 0. The molecule has 0 aliphatic carbocycles. The van der Waals surface area contributed by atoms with Gasteiger partial charge in [-0.3, -0.25) is 0 Å². The van der Waals surface area contributed by atoms with Crippen molar-refractivity contribution in [3.8, 4) is 11.1 Å². The third-order valence-electron chi connectivity index (χ3n) is 6.11. The number of aryl methyl sites for hydroxylation is 1. The van der Waals surface area contributed by atoms with E-state index in [2.05, 4.69) is 110 Å². The van der Waals surface area contributed by atoms with Crippen molar-refractivity contribution in [2.75, 3.05) is 0 Å². The Morgan fingerprint density at radius 2 is 1.00 bits per heavy atom. The predicted octanol–water partition coefficient (Wildman–Crippen LogP) is 8.27. The van der Waals surface area contributed by atoms with E-state index < -0.39 is 0 Å². The number of fused-ring (bicyclic) bond motifs is 8. The van der Waals surface area contributed by atoms with Crippen LogP contribution in [-0.4, -0.2) is 0 Å². The molecule has 0 unspecified atom stereocenters. The molecular weight excluding hydrogens is 348 g/mol. The quantitative estimate of drug-likeness (QED) is 0.256. The molecule has 0 aromatic heterocycles. The van der Waals surface area contributed by atoms with Crippen molar-refractivity contribution in [2.24, 2.45) is 0 Å². The molecule has 0 aliphatic heterocycles. The summed E-state index contributed by atoms with van der Waals surface area (Å²) in [4.78, 5) is 0. The van der Waals surface area contributed by atoms with Gasteiger partial charge in [0.25, 0.3) is 0 Å². The average Bonchev–Trinajstić information content (AvgIpc) is 2.79. The highest BCUT2D eigenvalue weighted by Crippen LogP contribution is 2.40. The molecule has 0 N–H and O–H groups in total. The molecule has 0 aliphatic rings. The van der Waals surface area contributed by atoms with Crippen LogP contribution in [0.3, 0.4) is 0 Å². The minimum absolute atomic E-state index is 1.26. The molecule has 0 bridgehead atoms. The fourth-order valence-electron chi connectivity index (χ4n) is 4.65. The number of hydrogen-bond acceptors (Lipinski definition) is 0. The van der Waals surface area contributed by atoms with Crippen molar-refractivity contribution in [2.45, 2.75) is 6.92 Å². The van der Waals surface area contributed by atoms with Gasteiger partial charge in [-0.1, -0.05) is 103 Å². The minimum Gasteiger partial charge on any atom is -0.0616 e. The molecule has 0 saturated heterocycles. The molecular formula is C29H20. The van der Waals surface area contributed by atoms with Crippen LogP contribution in [0.4, 0.5) is 0 Å². The molecule has 0 amide bonds. The Bertz CT molecular complexity index is 1540. The molecule has 0 atom stereocenters. The van der Waals surface area contributed by atoms with Crippen molar-refractivity contribution in [3.05, 3.63) is 109 Å². The lowest BCUT2D eigenvalue weighted by atomic mass is 9.89. The summed E-state index contributed by atoms with van der Waals surface area (Å²) in [5, 5.41) is 10.6. The molecule has 0 heteroatoms. The van der Waals surface area contributed by atoms with Gasteiger partial charge in [-0.2, -0.15) is 0 Å². The van der Waals surface area contributed by atoms with Gasteiger partial charge in [0.2, 0.25) is 0 Å². The highest BCUT2D eigenvalue weighted by molar-refractivity contribution is 6.31. The summed E-state index contributed by atoms with van der Waals surface area (Å²) in [5.74, 6) is 0. The van der Waals surface area contributed by atoms with Gasteiger partial charge in [0.15, 0.2) is 0 Å². The second-order valence-electron chi connectivity index (χ2n) is 7.88. The second-order valence-corrected chi connectivity index (χ2v) is 7.88. The highest BCUT2D eigenvalue weighted by atomic mass is 14.1. The largest absolute Gasteiger partial charge is 0.0616 e. The Balaban J connectivity index is 1.81. The van der Waals surface area contributed by atoms with Crippen LogP contribution < -0.4 is 0 Å². The molecule has 6 aromatic rings. The van der Waals surface area contributed by atoms with Gasteiger partial charge in [-0.25, -0.2) is 0 Å². The molecule has 0 spiro atoms. The zero-order valence-corrected chi connectivity index (χ0v) is 16.3. The Hall–Kier alpha value is -3.64. The fraction of sp³-hybridized carbons (Fsp3) is 0.0345. The first-order chi connectivity index (χ1) is 14.3. The van der Waals surface area contributed by atoms with E-state index in [4.69, 9.17) is 0 Å². The molecule has 0 radical (unpaired) electrons. The van der Waals surface area contributed by atoms with Gasteiger partial charge < -0.3 is 0 Å². The Kier molecular flexibility index (Phi) is 3.48. The van der Waals surface area contributed by atoms with Crippen molar-refractivity contribution in [1.29, 1.82) is 0 Å². The van der Waals surface area contributed by atoms with Gasteiger partial charge in [-0.15, -0.1) is 0 Å². The maximum absolute atomic E-state index is 2.36. The first-order valence-corrected chi connectivity index (χ1v) is 10.1. The first-order valence-electron chi connectivity index (χ1n) is 10.1. The lowest BCUT2D eigenvalue weighted by Crippen LogP contribution is -1.86. The van der Waals surface area contributed by atoms with Crippen LogP contribution in [0.2, 0.25) is 0 Å². The van der Waals surface area contributed by atoms with Crippen LogP contribution in [0, 0.1) is 6.92 Å². The maximum atomic E-state index is 2.36. The zero-order valence-electron chi connectivity index (χ0n) is 16.3. The molecule has 6 rings (SSSR count). The van der Waals surface area contributed by atoms with Crippen molar-refractivity contribution >= 4 is 43.1 Å². The van der Waals surface area contributed by atoms with Gasteiger partial charge in [0.05, 0.1) is 0 Å². The minimum atomic E-state index is 1.26. The van der Waals surface area contributed by atoms with Gasteiger partial charge in [0, 0.05) is 0 Å². The SMILES string of the molecule is Cc1ccc(-c2ccc3c(c2)c2ccccc2c2ccc4ccccc4c23)cc1. The van der Waals surface area contributed by atoms with Crippen LogP contribution in [-0.2, 0) is 0 Å². The molecule has 0 saturated carbocycles.